The van der Waals surface area contributed by atoms with Gasteiger partial charge in [-0.25, -0.2) is 4.79 Å². The predicted molar refractivity (Wildman–Crippen MR) is 90.2 cm³/mol. The molecule has 1 saturated heterocycles. The van der Waals surface area contributed by atoms with E-state index in [1.165, 1.54) is 0 Å². The summed E-state index contributed by atoms with van der Waals surface area (Å²) >= 11 is 0. The maximum absolute atomic E-state index is 11.5. The number of rotatable bonds is 5. The van der Waals surface area contributed by atoms with Crippen LogP contribution < -0.4 is 4.90 Å². The van der Waals surface area contributed by atoms with Crippen LogP contribution in [0.1, 0.15) is 0 Å². The topological polar surface area (TPSA) is 88.8 Å². The summed E-state index contributed by atoms with van der Waals surface area (Å²) in [5.74, 6) is 1.35. The number of amides is 1. The fraction of sp³-hybridized carbons (Fsp3) is 0.312. The molecule has 0 atom stereocenters. The smallest absolute Gasteiger partial charge is 0.409 e. The minimum atomic E-state index is -0.256. The van der Waals surface area contributed by atoms with Crippen LogP contribution in [0, 0.1) is 0 Å². The van der Waals surface area contributed by atoms with Gasteiger partial charge in [-0.1, -0.05) is 6.07 Å². The number of anilines is 1. The Hall–Kier alpha value is -3.23. The van der Waals surface area contributed by atoms with Crippen LogP contribution in [-0.2, 0) is 4.74 Å². The molecule has 4 heterocycles. The van der Waals surface area contributed by atoms with E-state index in [1.807, 2.05) is 42.3 Å². The molecule has 3 aromatic rings. The molecule has 0 bridgehead atoms. The highest BCUT2D eigenvalue weighted by molar-refractivity contribution is 5.69. The normalized spacial score (nSPS) is 14.1. The van der Waals surface area contributed by atoms with Crippen LogP contribution in [0.5, 0.6) is 0 Å². The van der Waals surface area contributed by atoms with Gasteiger partial charge in [0.25, 0.3) is 0 Å². The van der Waals surface area contributed by atoms with Crippen LogP contribution in [0.2, 0.25) is 0 Å². The Morgan fingerprint density at radius 3 is 2.92 bits per heavy atom. The first kappa shape index (κ1) is 15.3. The molecule has 0 radical (unpaired) electrons. The molecule has 25 heavy (non-hydrogen) atoms. The molecule has 0 unspecified atom stereocenters. The van der Waals surface area contributed by atoms with Crippen molar-refractivity contribution >= 4 is 17.6 Å². The summed E-state index contributed by atoms with van der Waals surface area (Å²) < 4.78 is 6.62. The number of cyclic esters (lactones) is 1. The number of likely N-dealkylation sites (N-methyl/N-ethyl adjacent to an activating group) is 1. The molecule has 0 N–H and O–H groups in total. The minimum absolute atomic E-state index is 0.256. The number of carbonyl (C=O) groups excluding carboxylic acids is 1. The molecular weight excluding hydrogens is 322 g/mol. The largest absolute Gasteiger partial charge is 0.448 e. The summed E-state index contributed by atoms with van der Waals surface area (Å²) in [6, 6.07) is 9.36. The van der Waals surface area contributed by atoms with Crippen molar-refractivity contribution < 1.29 is 9.53 Å². The number of carbonyl (C=O) groups is 1. The number of pyridine rings is 1. The molecule has 0 aromatic carbocycles. The van der Waals surface area contributed by atoms with E-state index in [2.05, 4.69) is 20.3 Å². The lowest BCUT2D eigenvalue weighted by atomic mass is 10.3. The van der Waals surface area contributed by atoms with Crippen molar-refractivity contribution in [2.75, 3.05) is 38.2 Å². The Bertz CT molecular complexity index is 896. The van der Waals surface area contributed by atoms with Gasteiger partial charge in [-0.3, -0.25) is 4.98 Å². The molecule has 9 heteroatoms. The highest BCUT2D eigenvalue weighted by Gasteiger charge is 2.22. The van der Waals surface area contributed by atoms with Crippen LogP contribution in [0.4, 0.5) is 10.6 Å². The summed E-state index contributed by atoms with van der Waals surface area (Å²) in [6.45, 7) is 2.33. The van der Waals surface area contributed by atoms with Gasteiger partial charge in [-0.15, -0.1) is 15.3 Å². The fourth-order valence-corrected chi connectivity index (χ4v) is 2.65. The first-order chi connectivity index (χ1) is 12.2. The van der Waals surface area contributed by atoms with Gasteiger partial charge >= 0.3 is 6.09 Å². The van der Waals surface area contributed by atoms with E-state index in [-0.39, 0.29) is 6.09 Å². The minimum Gasteiger partial charge on any atom is -0.448 e. The second-order valence-electron chi connectivity index (χ2n) is 5.72. The Labute approximate surface area is 143 Å². The van der Waals surface area contributed by atoms with E-state index >= 15 is 0 Å². The number of hydrogen-bond acceptors (Lipinski definition) is 7. The van der Waals surface area contributed by atoms with Gasteiger partial charge < -0.3 is 14.5 Å². The lowest BCUT2D eigenvalue weighted by Gasteiger charge is -2.21. The molecule has 3 aromatic heterocycles. The number of nitrogens with zero attached hydrogens (tertiary/aromatic N) is 7. The van der Waals surface area contributed by atoms with Gasteiger partial charge in [0.2, 0.25) is 5.82 Å². The second kappa shape index (κ2) is 6.34. The quantitative estimate of drug-likeness (QED) is 0.687. The average molecular weight is 339 g/mol. The molecule has 0 aliphatic carbocycles. The molecule has 1 amide bonds. The average Bonchev–Trinajstić information content (AvgIpc) is 3.25. The van der Waals surface area contributed by atoms with Gasteiger partial charge in [-0.05, 0) is 24.3 Å². The van der Waals surface area contributed by atoms with Crippen molar-refractivity contribution in [2.24, 2.45) is 0 Å². The molecule has 0 saturated carbocycles. The first-order valence-corrected chi connectivity index (χ1v) is 7.99. The van der Waals surface area contributed by atoms with Crippen LogP contribution in [0.25, 0.3) is 17.2 Å². The fourth-order valence-electron chi connectivity index (χ4n) is 2.65. The Morgan fingerprint density at radius 2 is 2.16 bits per heavy atom. The number of fused-ring (bicyclic) bond motifs is 1. The van der Waals surface area contributed by atoms with Crippen LogP contribution in [0.3, 0.4) is 0 Å². The Balaban J connectivity index is 1.56. The molecule has 1 fully saturated rings. The third-order valence-corrected chi connectivity index (χ3v) is 4.08. The van der Waals surface area contributed by atoms with Crippen LogP contribution >= 0.6 is 0 Å². The molecule has 1 aliphatic rings. The van der Waals surface area contributed by atoms with Gasteiger partial charge in [0.1, 0.15) is 18.1 Å². The summed E-state index contributed by atoms with van der Waals surface area (Å²) in [4.78, 5) is 19.5. The van der Waals surface area contributed by atoms with E-state index < -0.39 is 0 Å². The van der Waals surface area contributed by atoms with E-state index in [4.69, 9.17) is 4.74 Å². The zero-order valence-electron chi connectivity index (χ0n) is 13.7. The third kappa shape index (κ3) is 2.95. The van der Waals surface area contributed by atoms with Gasteiger partial charge in [-0.2, -0.15) is 4.52 Å². The summed E-state index contributed by atoms with van der Waals surface area (Å²) in [6.07, 6.45) is 1.45. The molecule has 9 nitrogen and oxygen atoms in total. The molecule has 0 spiro atoms. The van der Waals surface area contributed by atoms with Crippen molar-refractivity contribution in [1.29, 1.82) is 0 Å². The first-order valence-electron chi connectivity index (χ1n) is 7.99. The van der Waals surface area contributed by atoms with Crippen molar-refractivity contribution in [1.82, 2.24) is 29.7 Å². The summed E-state index contributed by atoms with van der Waals surface area (Å²) in [5, 5.41) is 12.9. The van der Waals surface area contributed by atoms with Crippen LogP contribution in [0.15, 0.2) is 36.5 Å². The second-order valence-corrected chi connectivity index (χ2v) is 5.72. The van der Waals surface area contributed by atoms with Gasteiger partial charge in [0, 0.05) is 26.3 Å². The number of aromatic nitrogens is 5. The number of hydrogen-bond donors (Lipinski definition) is 0. The van der Waals surface area contributed by atoms with Crippen molar-refractivity contribution in [3.05, 3.63) is 36.5 Å². The van der Waals surface area contributed by atoms with Gasteiger partial charge in [0.05, 0.1) is 6.54 Å². The van der Waals surface area contributed by atoms with Crippen LogP contribution in [-0.4, -0.2) is 69.1 Å². The Kier molecular flexibility index (Phi) is 3.88. The van der Waals surface area contributed by atoms with Crippen molar-refractivity contribution in [3.8, 4) is 11.5 Å². The monoisotopic (exact) mass is 339 g/mol. The number of ether oxygens (including phenoxy) is 1. The highest BCUT2D eigenvalue weighted by Crippen LogP contribution is 2.17. The highest BCUT2D eigenvalue weighted by atomic mass is 16.6. The van der Waals surface area contributed by atoms with Crippen molar-refractivity contribution in [3.63, 3.8) is 0 Å². The predicted octanol–water partition coefficient (Wildman–Crippen LogP) is 1.07. The lowest BCUT2D eigenvalue weighted by Crippen LogP contribution is -2.34. The maximum atomic E-state index is 11.5. The standard InChI is InChI=1S/C16H17N7O2/c1-21(8-9-22-10-11-25-16(22)24)14-6-5-13-18-19-15(23(13)20-14)12-4-2-3-7-17-12/h2-7H,8-11H2,1H3. The Morgan fingerprint density at radius 1 is 1.24 bits per heavy atom. The SMILES string of the molecule is CN(CCN1CCOC1=O)c1ccc2nnc(-c3ccccn3)n2n1. The van der Waals surface area contributed by atoms with E-state index in [0.717, 1.165) is 5.82 Å². The maximum Gasteiger partial charge on any atom is 0.409 e. The lowest BCUT2D eigenvalue weighted by molar-refractivity contribution is 0.159. The molecule has 4 rings (SSSR count). The zero-order chi connectivity index (χ0) is 17.2. The van der Waals surface area contributed by atoms with Gasteiger partial charge in [0.15, 0.2) is 5.65 Å². The summed E-state index contributed by atoms with van der Waals surface area (Å²) in [7, 11) is 1.93. The van der Waals surface area contributed by atoms with E-state index in [9.17, 15) is 4.79 Å². The van der Waals surface area contributed by atoms with E-state index in [1.54, 1.807) is 15.6 Å². The summed E-state index contributed by atoms with van der Waals surface area (Å²) in [5.41, 5.74) is 1.36. The molecule has 1 aliphatic heterocycles. The molecule has 128 valence electrons. The zero-order valence-corrected chi connectivity index (χ0v) is 13.7. The third-order valence-electron chi connectivity index (χ3n) is 4.08. The molecular formula is C16H17N7O2. The van der Waals surface area contributed by atoms with E-state index in [0.29, 0.717) is 43.4 Å². The van der Waals surface area contributed by atoms with Crippen molar-refractivity contribution in [2.45, 2.75) is 0 Å².